The smallest absolute Gasteiger partial charge is 0.406 e. The number of anilines is 2. The first kappa shape index (κ1) is 23.1. The maximum Gasteiger partial charge on any atom is 0.573 e. The summed E-state index contributed by atoms with van der Waals surface area (Å²) in [4.78, 5) is 8.88. The standard InChI is InChI=1S/C21H28F3N5O2/c22-21(23,24)31-17-4-1-3-16(13-17)18-14-19(29-20(28-18)27-8-2-12-30)26-11-7-15-5-9-25-10-6-15/h1,3-4,13-15,25,30H,2,5-12H2,(H2,26,27,28,29). The molecular weight excluding hydrogens is 411 g/mol. The summed E-state index contributed by atoms with van der Waals surface area (Å²) in [6, 6.07) is 7.42. The van der Waals surface area contributed by atoms with E-state index in [1.807, 2.05) is 0 Å². The number of nitrogens with zero attached hydrogens (tertiary/aromatic N) is 2. The normalized spacial score (nSPS) is 15.0. The number of benzene rings is 1. The Morgan fingerprint density at radius 3 is 2.65 bits per heavy atom. The predicted molar refractivity (Wildman–Crippen MR) is 113 cm³/mol. The van der Waals surface area contributed by atoms with Crippen LogP contribution in [-0.2, 0) is 0 Å². The zero-order valence-electron chi connectivity index (χ0n) is 17.2. The van der Waals surface area contributed by atoms with Crippen LogP contribution in [0.3, 0.4) is 0 Å². The van der Waals surface area contributed by atoms with Gasteiger partial charge in [0.05, 0.1) is 5.69 Å². The lowest BCUT2D eigenvalue weighted by Gasteiger charge is -2.22. The average molecular weight is 439 g/mol. The zero-order valence-corrected chi connectivity index (χ0v) is 17.2. The Morgan fingerprint density at radius 2 is 1.90 bits per heavy atom. The number of aliphatic hydroxyl groups excluding tert-OH is 1. The van der Waals surface area contributed by atoms with Gasteiger partial charge in [-0.25, -0.2) is 4.98 Å². The molecule has 0 bridgehead atoms. The van der Waals surface area contributed by atoms with Crippen LogP contribution in [0.5, 0.6) is 5.75 Å². The van der Waals surface area contributed by atoms with Gasteiger partial charge in [-0.1, -0.05) is 12.1 Å². The molecule has 170 valence electrons. The van der Waals surface area contributed by atoms with Crippen molar-refractivity contribution in [2.24, 2.45) is 5.92 Å². The molecule has 3 rings (SSSR count). The first-order valence-corrected chi connectivity index (χ1v) is 10.5. The SMILES string of the molecule is OCCCNc1nc(NCCC2CCNCC2)cc(-c2cccc(OC(F)(F)F)c2)n1. The Morgan fingerprint density at radius 1 is 1.10 bits per heavy atom. The minimum Gasteiger partial charge on any atom is -0.406 e. The van der Waals surface area contributed by atoms with E-state index in [2.05, 4.69) is 30.7 Å². The van der Waals surface area contributed by atoms with Crippen molar-refractivity contribution in [3.8, 4) is 17.0 Å². The molecule has 7 nitrogen and oxygen atoms in total. The summed E-state index contributed by atoms with van der Waals surface area (Å²) in [7, 11) is 0. The summed E-state index contributed by atoms with van der Waals surface area (Å²) in [5, 5.41) is 18.7. The molecule has 31 heavy (non-hydrogen) atoms. The van der Waals surface area contributed by atoms with Crippen molar-refractivity contribution in [3.63, 3.8) is 0 Å². The van der Waals surface area contributed by atoms with Gasteiger partial charge in [-0.15, -0.1) is 13.2 Å². The third kappa shape index (κ3) is 7.87. The molecule has 2 aromatic rings. The Balaban J connectivity index is 1.75. The number of halogens is 3. The number of rotatable bonds is 10. The number of alkyl halides is 3. The molecule has 0 unspecified atom stereocenters. The van der Waals surface area contributed by atoms with Gasteiger partial charge < -0.3 is 25.8 Å². The number of ether oxygens (including phenoxy) is 1. The van der Waals surface area contributed by atoms with Gasteiger partial charge in [-0.2, -0.15) is 4.98 Å². The Kier molecular flexibility index (Phi) is 8.30. The average Bonchev–Trinajstić information content (AvgIpc) is 2.74. The van der Waals surface area contributed by atoms with Gasteiger partial charge in [-0.3, -0.25) is 0 Å². The Labute approximate surface area is 179 Å². The van der Waals surface area contributed by atoms with Gasteiger partial charge in [0.2, 0.25) is 5.95 Å². The van der Waals surface area contributed by atoms with E-state index in [-0.39, 0.29) is 12.4 Å². The minimum atomic E-state index is -4.76. The van der Waals surface area contributed by atoms with E-state index >= 15 is 0 Å². The molecule has 1 saturated heterocycles. The highest BCUT2D eigenvalue weighted by Crippen LogP contribution is 2.28. The van der Waals surface area contributed by atoms with Gasteiger partial charge in [-0.05, 0) is 56.8 Å². The van der Waals surface area contributed by atoms with E-state index in [4.69, 9.17) is 5.11 Å². The van der Waals surface area contributed by atoms with Crippen LogP contribution >= 0.6 is 0 Å². The molecule has 1 aliphatic rings. The molecule has 1 aromatic heterocycles. The van der Waals surface area contributed by atoms with Crippen molar-refractivity contribution in [1.29, 1.82) is 0 Å². The van der Waals surface area contributed by atoms with Gasteiger partial charge in [0.15, 0.2) is 0 Å². The van der Waals surface area contributed by atoms with Crippen molar-refractivity contribution in [2.45, 2.75) is 32.0 Å². The van der Waals surface area contributed by atoms with E-state index in [1.54, 1.807) is 12.1 Å². The number of aliphatic hydroxyl groups is 1. The second kappa shape index (κ2) is 11.1. The molecule has 0 radical (unpaired) electrons. The molecule has 0 saturated carbocycles. The summed E-state index contributed by atoms with van der Waals surface area (Å²) < 4.78 is 41.8. The maximum atomic E-state index is 12.6. The molecule has 4 N–H and O–H groups in total. The van der Waals surface area contributed by atoms with E-state index in [0.29, 0.717) is 41.9 Å². The first-order valence-electron chi connectivity index (χ1n) is 10.5. The molecular formula is C21H28F3N5O2. The summed E-state index contributed by atoms with van der Waals surface area (Å²) in [6.07, 6.45) is -0.917. The van der Waals surface area contributed by atoms with Crippen LogP contribution in [0.15, 0.2) is 30.3 Å². The topological polar surface area (TPSA) is 91.3 Å². The fourth-order valence-corrected chi connectivity index (χ4v) is 3.47. The lowest BCUT2D eigenvalue weighted by Crippen LogP contribution is -2.28. The van der Waals surface area contributed by atoms with E-state index in [9.17, 15) is 13.2 Å². The number of nitrogens with one attached hydrogen (secondary N) is 3. The third-order valence-electron chi connectivity index (χ3n) is 5.02. The lowest BCUT2D eigenvalue weighted by atomic mass is 9.95. The van der Waals surface area contributed by atoms with Crippen LogP contribution in [-0.4, -0.2) is 54.2 Å². The van der Waals surface area contributed by atoms with Crippen LogP contribution in [0.2, 0.25) is 0 Å². The quantitative estimate of drug-likeness (QED) is 0.420. The van der Waals surface area contributed by atoms with E-state index in [1.165, 1.54) is 18.2 Å². The van der Waals surface area contributed by atoms with Crippen LogP contribution in [0.25, 0.3) is 11.3 Å². The molecule has 0 atom stereocenters. The highest BCUT2D eigenvalue weighted by atomic mass is 19.4. The molecule has 0 spiro atoms. The fraction of sp³-hybridized carbons (Fsp3) is 0.524. The zero-order chi connectivity index (χ0) is 22.1. The highest BCUT2D eigenvalue weighted by Gasteiger charge is 2.31. The molecule has 0 aliphatic carbocycles. The molecule has 2 heterocycles. The molecule has 1 fully saturated rings. The van der Waals surface area contributed by atoms with Crippen molar-refractivity contribution in [1.82, 2.24) is 15.3 Å². The largest absolute Gasteiger partial charge is 0.573 e. The molecule has 0 amide bonds. The van der Waals surface area contributed by atoms with Crippen LogP contribution in [0.4, 0.5) is 24.9 Å². The summed E-state index contributed by atoms with van der Waals surface area (Å²) in [6.45, 7) is 3.33. The molecule has 1 aliphatic heterocycles. The number of aromatic nitrogens is 2. The van der Waals surface area contributed by atoms with Crippen molar-refractivity contribution in [3.05, 3.63) is 30.3 Å². The monoisotopic (exact) mass is 439 g/mol. The highest BCUT2D eigenvalue weighted by molar-refractivity contribution is 5.65. The van der Waals surface area contributed by atoms with Gasteiger partial charge in [0, 0.05) is 31.3 Å². The van der Waals surface area contributed by atoms with Gasteiger partial charge >= 0.3 is 6.36 Å². The number of piperidine rings is 1. The predicted octanol–water partition coefficient (Wildman–Crippen LogP) is 3.64. The summed E-state index contributed by atoms with van der Waals surface area (Å²) >= 11 is 0. The second-order valence-corrected chi connectivity index (χ2v) is 7.45. The Hall–Kier alpha value is -2.59. The van der Waals surface area contributed by atoms with Gasteiger partial charge in [0.1, 0.15) is 11.6 Å². The van der Waals surface area contributed by atoms with E-state index < -0.39 is 6.36 Å². The van der Waals surface area contributed by atoms with Crippen molar-refractivity contribution in [2.75, 3.05) is 43.4 Å². The van der Waals surface area contributed by atoms with Gasteiger partial charge in [0.25, 0.3) is 0 Å². The first-order chi connectivity index (χ1) is 14.9. The Bertz CT molecular complexity index is 829. The van der Waals surface area contributed by atoms with Crippen LogP contribution in [0.1, 0.15) is 25.7 Å². The van der Waals surface area contributed by atoms with Crippen LogP contribution < -0.4 is 20.7 Å². The minimum absolute atomic E-state index is 0.0326. The summed E-state index contributed by atoms with van der Waals surface area (Å²) in [5.74, 6) is 1.29. The summed E-state index contributed by atoms with van der Waals surface area (Å²) in [5.41, 5.74) is 0.953. The van der Waals surface area contributed by atoms with E-state index in [0.717, 1.165) is 38.9 Å². The number of hydrogen-bond donors (Lipinski definition) is 4. The van der Waals surface area contributed by atoms with Crippen LogP contribution in [0, 0.1) is 5.92 Å². The van der Waals surface area contributed by atoms with Crippen molar-refractivity contribution < 1.29 is 23.0 Å². The number of hydrogen-bond acceptors (Lipinski definition) is 7. The van der Waals surface area contributed by atoms with Crippen molar-refractivity contribution >= 4 is 11.8 Å². The lowest BCUT2D eigenvalue weighted by molar-refractivity contribution is -0.274. The maximum absolute atomic E-state index is 12.6. The fourth-order valence-electron chi connectivity index (χ4n) is 3.47. The third-order valence-corrected chi connectivity index (χ3v) is 5.02. The molecule has 1 aromatic carbocycles. The molecule has 10 heteroatoms. The second-order valence-electron chi connectivity index (χ2n) is 7.45.